The van der Waals surface area contributed by atoms with Gasteiger partial charge in [-0.2, -0.15) is 5.10 Å². The van der Waals surface area contributed by atoms with Crippen LogP contribution in [0.1, 0.15) is 24.1 Å². The number of halogens is 1. The standard InChI is InChI=1S/C21H22ClN5O4S/c1-30-18-9-7-13(11-19(18)31-2)32(28,29)27-16-8-6-12(22)10-14(16)20-15(25-26-21(23)24)4-3-5-17(20)27/h6-11H,3-5H2,1-2H3,(H4,23,24,26). The normalized spacial score (nSPS) is 14.9. The van der Waals surface area contributed by atoms with Crippen molar-refractivity contribution in [2.45, 2.75) is 24.2 Å². The van der Waals surface area contributed by atoms with Crippen molar-refractivity contribution < 1.29 is 17.9 Å². The van der Waals surface area contributed by atoms with Crippen LogP contribution in [0.15, 0.2) is 51.5 Å². The maximum absolute atomic E-state index is 13.8. The number of aromatic nitrogens is 1. The monoisotopic (exact) mass is 475 g/mol. The Kier molecular flexibility index (Phi) is 5.74. The predicted octanol–water partition coefficient (Wildman–Crippen LogP) is 2.86. The van der Waals surface area contributed by atoms with Gasteiger partial charge >= 0.3 is 0 Å². The van der Waals surface area contributed by atoms with Crippen LogP contribution in [0.4, 0.5) is 0 Å². The van der Waals surface area contributed by atoms with Crippen LogP contribution >= 0.6 is 11.6 Å². The van der Waals surface area contributed by atoms with Crippen LogP contribution in [0.3, 0.4) is 0 Å². The van der Waals surface area contributed by atoms with Crippen molar-refractivity contribution in [3.8, 4) is 11.5 Å². The lowest BCUT2D eigenvalue weighted by molar-refractivity contribution is 0.354. The van der Waals surface area contributed by atoms with Gasteiger partial charge < -0.3 is 20.9 Å². The number of guanidine groups is 1. The lowest BCUT2D eigenvalue weighted by Gasteiger charge is -2.18. The molecule has 1 aliphatic rings. The molecule has 0 fully saturated rings. The van der Waals surface area contributed by atoms with Gasteiger partial charge in [0.1, 0.15) is 0 Å². The topological polar surface area (TPSA) is 134 Å². The Morgan fingerprint density at radius 3 is 2.50 bits per heavy atom. The van der Waals surface area contributed by atoms with Crippen LogP contribution in [0.5, 0.6) is 11.5 Å². The third kappa shape index (κ3) is 3.65. The molecule has 0 saturated carbocycles. The van der Waals surface area contributed by atoms with Crippen LogP contribution in [-0.4, -0.2) is 38.3 Å². The highest BCUT2D eigenvalue weighted by Gasteiger charge is 2.31. The van der Waals surface area contributed by atoms with Crippen molar-refractivity contribution in [1.82, 2.24) is 3.97 Å². The number of hydrogen-bond donors (Lipinski definition) is 2. The summed E-state index contributed by atoms with van der Waals surface area (Å²) in [6.07, 6.45) is 1.83. The van der Waals surface area contributed by atoms with Crippen molar-refractivity contribution in [2.75, 3.05) is 14.2 Å². The van der Waals surface area contributed by atoms with Gasteiger partial charge in [-0.1, -0.05) is 11.6 Å². The fourth-order valence-corrected chi connectivity index (χ4v) is 5.73. The Bertz CT molecular complexity index is 1370. The third-order valence-corrected chi connectivity index (χ3v) is 7.26. The molecule has 0 unspecified atom stereocenters. The number of fused-ring (bicyclic) bond motifs is 3. The van der Waals surface area contributed by atoms with E-state index in [1.807, 2.05) is 0 Å². The second-order valence-corrected chi connectivity index (χ2v) is 9.42. The number of benzene rings is 2. The third-order valence-electron chi connectivity index (χ3n) is 5.28. The Morgan fingerprint density at radius 2 is 1.81 bits per heavy atom. The first-order valence-corrected chi connectivity index (χ1v) is 11.6. The molecule has 0 amide bonds. The fraction of sp³-hybridized carbons (Fsp3) is 0.238. The molecule has 0 spiro atoms. The van der Waals surface area contributed by atoms with E-state index in [9.17, 15) is 8.42 Å². The fourth-order valence-electron chi connectivity index (χ4n) is 3.96. The lowest BCUT2D eigenvalue weighted by Crippen LogP contribution is -2.23. The van der Waals surface area contributed by atoms with Gasteiger partial charge in [-0.3, -0.25) is 0 Å². The average Bonchev–Trinajstić information content (AvgIpc) is 3.11. The molecule has 0 radical (unpaired) electrons. The van der Waals surface area contributed by atoms with E-state index < -0.39 is 10.0 Å². The van der Waals surface area contributed by atoms with Gasteiger partial charge in [0.2, 0.25) is 5.96 Å². The first kappa shape index (κ1) is 22.0. The Balaban J connectivity index is 2.02. The van der Waals surface area contributed by atoms with Gasteiger partial charge in [-0.15, -0.1) is 5.10 Å². The molecule has 0 bridgehead atoms. The smallest absolute Gasteiger partial charge is 0.268 e. The van der Waals surface area contributed by atoms with Crippen molar-refractivity contribution in [2.24, 2.45) is 21.7 Å². The zero-order valence-electron chi connectivity index (χ0n) is 17.5. The van der Waals surface area contributed by atoms with E-state index in [1.54, 1.807) is 24.3 Å². The zero-order valence-corrected chi connectivity index (χ0v) is 19.1. The summed E-state index contributed by atoms with van der Waals surface area (Å²) in [5.74, 6) is 0.575. The Hall–Kier alpha value is -3.24. The summed E-state index contributed by atoms with van der Waals surface area (Å²) in [5, 5.41) is 9.12. The van der Waals surface area contributed by atoms with Gasteiger partial charge in [-0.05, 0) is 49.6 Å². The number of nitrogens with two attached hydrogens (primary N) is 2. The number of ether oxygens (including phenoxy) is 2. The van der Waals surface area contributed by atoms with Gasteiger partial charge in [0.15, 0.2) is 11.5 Å². The van der Waals surface area contributed by atoms with Crippen LogP contribution < -0.4 is 20.9 Å². The minimum absolute atomic E-state index is 0.0677. The minimum atomic E-state index is -3.99. The van der Waals surface area contributed by atoms with E-state index in [-0.39, 0.29) is 10.9 Å². The molecule has 1 heterocycles. The minimum Gasteiger partial charge on any atom is -0.493 e. The quantitative estimate of drug-likeness (QED) is 0.331. The van der Waals surface area contributed by atoms with Crippen LogP contribution in [0.2, 0.25) is 5.02 Å². The van der Waals surface area contributed by atoms with Gasteiger partial charge in [0.25, 0.3) is 10.0 Å². The Labute approximate surface area is 190 Å². The van der Waals surface area contributed by atoms with Crippen molar-refractivity contribution in [1.29, 1.82) is 0 Å². The number of hydrogen-bond acceptors (Lipinski definition) is 6. The molecule has 168 valence electrons. The molecular formula is C21H22ClN5O4S. The van der Waals surface area contributed by atoms with Crippen LogP contribution in [0, 0.1) is 0 Å². The molecule has 32 heavy (non-hydrogen) atoms. The van der Waals surface area contributed by atoms with Crippen LogP contribution in [-0.2, 0) is 16.4 Å². The number of methoxy groups -OCH3 is 2. The molecule has 0 aliphatic heterocycles. The highest BCUT2D eigenvalue weighted by Crippen LogP contribution is 2.38. The van der Waals surface area contributed by atoms with E-state index in [4.69, 9.17) is 32.5 Å². The maximum atomic E-state index is 13.8. The van der Waals surface area contributed by atoms with Gasteiger partial charge in [0.05, 0.1) is 30.3 Å². The molecule has 3 aromatic rings. The summed E-state index contributed by atoms with van der Waals surface area (Å²) < 4.78 is 39.6. The van der Waals surface area contributed by atoms with Gasteiger partial charge in [-0.25, -0.2) is 12.4 Å². The molecule has 1 aliphatic carbocycles. The second kappa shape index (κ2) is 8.36. The number of nitrogens with zero attached hydrogens (tertiary/aromatic N) is 3. The molecule has 0 saturated heterocycles. The van der Waals surface area contributed by atoms with E-state index in [2.05, 4.69) is 10.2 Å². The molecular weight excluding hydrogens is 454 g/mol. The lowest BCUT2D eigenvalue weighted by atomic mass is 9.94. The van der Waals surface area contributed by atoms with Crippen molar-refractivity contribution in [3.63, 3.8) is 0 Å². The predicted molar refractivity (Wildman–Crippen MR) is 124 cm³/mol. The van der Waals surface area contributed by atoms with E-state index in [0.717, 1.165) is 0 Å². The number of rotatable bonds is 5. The SMILES string of the molecule is COc1ccc(S(=O)(=O)n2c3c(c4cc(Cl)ccc42)C(=NN=C(N)N)CCC3)cc1OC. The highest BCUT2D eigenvalue weighted by molar-refractivity contribution is 7.90. The molecule has 4 N–H and O–H groups in total. The molecule has 0 atom stereocenters. The summed E-state index contributed by atoms with van der Waals surface area (Å²) in [4.78, 5) is 0.0677. The van der Waals surface area contributed by atoms with E-state index >= 15 is 0 Å². The summed E-state index contributed by atoms with van der Waals surface area (Å²) >= 11 is 6.25. The summed E-state index contributed by atoms with van der Waals surface area (Å²) in [7, 11) is -1.05. The highest BCUT2D eigenvalue weighted by atomic mass is 35.5. The van der Waals surface area contributed by atoms with Crippen molar-refractivity contribution >= 4 is 44.2 Å². The molecule has 1 aromatic heterocycles. The largest absolute Gasteiger partial charge is 0.493 e. The molecule has 4 rings (SSSR count). The Morgan fingerprint density at radius 1 is 1.06 bits per heavy atom. The summed E-state index contributed by atoms with van der Waals surface area (Å²) in [6.45, 7) is 0. The first-order valence-electron chi connectivity index (χ1n) is 9.74. The zero-order chi connectivity index (χ0) is 23.0. The van der Waals surface area contributed by atoms with Crippen LogP contribution in [0.25, 0.3) is 10.9 Å². The molecule has 2 aromatic carbocycles. The second-order valence-electron chi connectivity index (χ2n) is 7.19. The van der Waals surface area contributed by atoms with Crippen molar-refractivity contribution in [3.05, 3.63) is 52.7 Å². The van der Waals surface area contributed by atoms with E-state index in [1.165, 1.54) is 30.3 Å². The maximum Gasteiger partial charge on any atom is 0.268 e. The van der Waals surface area contributed by atoms with E-state index in [0.29, 0.717) is 63.7 Å². The molecule has 11 heteroatoms. The summed E-state index contributed by atoms with van der Waals surface area (Å²) in [5.41, 5.74) is 13.3. The molecule has 9 nitrogen and oxygen atoms in total. The average molecular weight is 476 g/mol. The summed E-state index contributed by atoms with van der Waals surface area (Å²) in [6, 6.07) is 9.57. The first-order chi connectivity index (χ1) is 15.3. The van der Waals surface area contributed by atoms with Gasteiger partial charge in [0, 0.05) is 27.7 Å².